The van der Waals surface area contributed by atoms with E-state index in [2.05, 4.69) is 19.6 Å². The molecule has 0 fully saturated rings. The molecule has 0 saturated carbocycles. The van der Waals surface area contributed by atoms with E-state index in [9.17, 15) is 15.0 Å². The Labute approximate surface area is 108 Å². The van der Waals surface area contributed by atoms with Gasteiger partial charge in [-0.15, -0.1) is 0 Å². The lowest BCUT2D eigenvalue weighted by Crippen LogP contribution is -2.37. The molecule has 4 N–H and O–H groups in total. The molecular weight excluding hydrogens is 246 g/mol. The Morgan fingerprint density at radius 2 is 1.72 bits per heavy atom. The molecule has 0 aliphatic heterocycles. The zero-order chi connectivity index (χ0) is 13.9. The van der Waals surface area contributed by atoms with E-state index in [0.29, 0.717) is 5.56 Å². The van der Waals surface area contributed by atoms with Gasteiger partial charge < -0.3 is 15.9 Å². The number of primary amides is 1. The van der Waals surface area contributed by atoms with Crippen LogP contribution in [0.2, 0.25) is 19.6 Å². The monoisotopic (exact) mass is 267 g/mol. The number of hydrogen-bond donors (Lipinski definition) is 3. The number of carbonyl (C=O) groups excluding carboxylic acids is 1. The summed E-state index contributed by atoms with van der Waals surface area (Å²) in [5.41, 5.74) is 5.59. The Morgan fingerprint density at radius 1 is 1.22 bits per heavy atom. The number of aliphatic hydroxyl groups excluding tert-OH is 2. The predicted octanol–water partition coefficient (Wildman–Crippen LogP) is 0.501. The van der Waals surface area contributed by atoms with Crippen molar-refractivity contribution < 1.29 is 15.0 Å². The third-order valence-electron chi connectivity index (χ3n) is 2.89. The van der Waals surface area contributed by atoms with Crippen molar-refractivity contribution in [3.63, 3.8) is 0 Å². The fourth-order valence-corrected chi connectivity index (χ4v) is 2.89. The first kappa shape index (κ1) is 14.9. The summed E-state index contributed by atoms with van der Waals surface area (Å²) < 4.78 is 0. The second-order valence-electron chi connectivity index (χ2n) is 5.55. The highest BCUT2D eigenvalue weighted by atomic mass is 28.3. The largest absolute Gasteiger partial charge is 0.390 e. The molecule has 0 heterocycles. The minimum absolute atomic E-state index is 0.239. The Morgan fingerprint density at radius 3 is 2.11 bits per heavy atom. The molecule has 4 nitrogen and oxygen atoms in total. The topological polar surface area (TPSA) is 83.6 Å². The maximum Gasteiger partial charge on any atom is 0.220 e. The minimum atomic E-state index is -1.36. The summed E-state index contributed by atoms with van der Waals surface area (Å²) in [6, 6.07) is 7.54. The van der Waals surface area contributed by atoms with Gasteiger partial charge in [-0.1, -0.05) is 49.1 Å². The van der Waals surface area contributed by atoms with E-state index in [0.717, 1.165) is 0 Å². The van der Waals surface area contributed by atoms with Crippen LogP contribution in [-0.4, -0.2) is 30.3 Å². The zero-order valence-electron chi connectivity index (χ0n) is 11.1. The van der Waals surface area contributed by atoms with Gasteiger partial charge in [-0.2, -0.15) is 0 Å². The average molecular weight is 267 g/mol. The molecule has 1 aromatic carbocycles. The number of aliphatic hydroxyl groups is 2. The Kier molecular flexibility index (Phi) is 4.67. The molecule has 5 heteroatoms. The molecule has 1 amide bonds. The van der Waals surface area contributed by atoms with Crippen molar-refractivity contribution in [2.24, 2.45) is 5.73 Å². The molecule has 0 radical (unpaired) electrons. The summed E-state index contributed by atoms with van der Waals surface area (Å²) in [6.07, 6.45) is -2.47. The van der Waals surface area contributed by atoms with Crippen molar-refractivity contribution in [1.29, 1.82) is 0 Å². The highest BCUT2D eigenvalue weighted by molar-refractivity contribution is 6.88. The number of benzene rings is 1. The van der Waals surface area contributed by atoms with Crippen LogP contribution in [0.15, 0.2) is 24.3 Å². The zero-order valence-corrected chi connectivity index (χ0v) is 12.1. The van der Waals surface area contributed by atoms with Crippen molar-refractivity contribution in [2.75, 3.05) is 0 Å². The van der Waals surface area contributed by atoms with Crippen LogP contribution < -0.4 is 10.9 Å². The van der Waals surface area contributed by atoms with Crippen LogP contribution in [0.4, 0.5) is 0 Å². The summed E-state index contributed by atoms with van der Waals surface area (Å²) >= 11 is 0. The van der Waals surface area contributed by atoms with Gasteiger partial charge in [0.15, 0.2) is 0 Å². The number of carbonyl (C=O) groups is 1. The third-order valence-corrected chi connectivity index (χ3v) is 4.96. The lowest BCUT2D eigenvalue weighted by molar-refractivity contribution is -0.121. The van der Waals surface area contributed by atoms with Gasteiger partial charge in [-0.3, -0.25) is 4.79 Å². The SMILES string of the molecule is C[Si](C)(C)c1ccc(C(O)C(O)CC(N)=O)cc1. The molecule has 0 aromatic heterocycles. The van der Waals surface area contributed by atoms with Gasteiger partial charge in [-0.05, 0) is 5.56 Å². The molecule has 1 rings (SSSR count). The van der Waals surface area contributed by atoms with Crippen LogP contribution in [0.1, 0.15) is 18.1 Å². The van der Waals surface area contributed by atoms with Crippen LogP contribution in [-0.2, 0) is 4.79 Å². The quantitative estimate of drug-likeness (QED) is 0.679. The molecule has 1 aromatic rings. The van der Waals surface area contributed by atoms with E-state index in [1.807, 2.05) is 12.1 Å². The molecule has 18 heavy (non-hydrogen) atoms. The molecule has 2 atom stereocenters. The van der Waals surface area contributed by atoms with Gasteiger partial charge in [0.1, 0.15) is 6.10 Å². The average Bonchev–Trinajstić information content (AvgIpc) is 2.26. The smallest absolute Gasteiger partial charge is 0.220 e. The summed E-state index contributed by atoms with van der Waals surface area (Å²) in [5.74, 6) is -0.625. The van der Waals surface area contributed by atoms with Crippen LogP contribution >= 0.6 is 0 Å². The number of amides is 1. The fourth-order valence-electron chi connectivity index (χ4n) is 1.72. The maximum absolute atomic E-state index is 10.7. The molecule has 0 bridgehead atoms. The van der Waals surface area contributed by atoms with Gasteiger partial charge >= 0.3 is 0 Å². The van der Waals surface area contributed by atoms with Crippen LogP contribution in [0.5, 0.6) is 0 Å². The first-order valence-corrected chi connectivity index (χ1v) is 9.46. The first-order valence-electron chi connectivity index (χ1n) is 5.96. The highest BCUT2D eigenvalue weighted by Gasteiger charge is 2.21. The number of nitrogens with two attached hydrogens (primary N) is 1. The van der Waals surface area contributed by atoms with Crippen molar-refractivity contribution in [3.8, 4) is 0 Å². The second kappa shape index (κ2) is 5.64. The molecule has 100 valence electrons. The molecule has 0 saturated heterocycles. The van der Waals surface area contributed by atoms with Crippen molar-refractivity contribution in [1.82, 2.24) is 0 Å². The van der Waals surface area contributed by atoms with Gasteiger partial charge in [-0.25, -0.2) is 0 Å². The summed E-state index contributed by atoms with van der Waals surface area (Å²) in [7, 11) is -1.36. The summed E-state index contributed by atoms with van der Waals surface area (Å²) in [6.45, 7) is 6.71. The van der Waals surface area contributed by atoms with Crippen molar-refractivity contribution >= 4 is 19.2 Å². The van der Waals surface area contributed by atoms with E-state index in [-0.39, 0.29) is 6.42 Å². The van der Waals surface area contributed by atoms with Crippen molar-refractivity contribution in [2.45, 2.75) is 38.3 Å². The standard InChI is InChI=1S/C13H21NO3Si/c1-18(2,3)10-6-4-9(5-7-10)13(17)11(15)8-12(14)16/h4-7,11,13,15,17H,8H2,1-3H3,(H2,14,16). The lowest BCUT2D eigenvalue weighted by atomic mass is 10.0. The minimum Gasteiger partial charge on any atom is -0.390 e. The Bertz CT molecular complexity index is 411. The Balaban J connectivity index is 2.82. The molecule has 0 spiro atoms. The van der Waals surface area contributed by atoms with Crippen LogP contribution in [0.25, 0.3) is 0 Å². The molecule has 0 aliphatic rings. The molecule has 2 unspecified atom stereocenters. The van der Waals surface area contributed by atoms with Gasteiger partial charge in [0.05, 0.1) is 20.6 Å². The first-order chi connectivity index (χ1) is 8.21. The van der Waals surface area contributed by atoms with Gasteiger partial charge in [0.25, 0.3) is 0 Å². The number of hydrogen-bond acceptors (Lipinski definition) is 3. The van der Waals surface area contributed by atoms with Crippen LogP contribution in [0.3, 0.4) is 0 Å². The normalized spacial score (nSPS) is 15.2. The third kappa shape index (κ3) is 3.94. The van der Waals surface area contributed by atoms with Crippen molar-refractivity contribution in [3.05, 3.63) is 29.8 Å². The maximum atomic E-state index is 10.7. The molecular formula is C13H21NO3Si. The van der Waals surface area contributed by atoms with E-state index < -0.39 is 26.2 Å². The predicted molar refractivity (Wildman–Crippen MR) is 74.2 cm³/mol. The summed E-state index contributed by atoms with van der Waals surface area (Å²) in [5, 5.41) is 20.8. The highest BCUT2D eigenvalue weighted by Crippen LogP contribution is 2.18. The summed E-state index contributed by atoms with van der Waals surface area (Å²) in [4.78, 5) is 10.7. The van der Waals surface area contributed by atoms with Gasteiger partial charge in [0, 0.05) is 0 Å². The van der Waals surface area contributed by atoms with E-state index in [1.165, 1.54) is 5.19 Å². The van der Waals surface area contributed by atoms with Crippen LogP contribution in [0, 0.1) is 0 Å². The lowest BCUT2D eigenvalue weighted by Gasteiger charge is -2.20. The van der Waals surface area contributed by atoms with E-state index in [1.54, 1.807) is 12.1 Å². The van der Waals surface area contributed by atoms with Gasteiger partial charge in [0.2, 0.25) is 5.91 Å². The van der Waals surface area contributed by atoms with E-state index >= 15 is 0 Å². The van der Waals surface area contributed by atoms with E-state index in [4.69, 9.17) is 5.73 Å². The number of rotatable bonds is 5. The fraction of sp³-hybridized carbons (Fsp3) is 0.462. The Hall–Kier alpha value is -1.17. The molecule has 0 aliphatic carbocycles. The second-order valence-corrected chi connectivity index (χ2v) is 10.6.